The Hall–Kier alpha value is -1.35. The van der Waals surface area contributed by atoms with Crippen LogP contribution in [0.4, 0.5) is 0 Å². The van der Waals surface area contributed by atoms with Crippen molar-refractivity contribution in [1.29, 1.82) is 0 Å². The topological polar surface area (TPSA) is 41.6 Å². The van der Waals surface area contributed by atoms with E-state index in [2.05, 4.69) is 15.0 Å². The fraction of sp³-hybridized carbons (Fsp3) is 0.111. The van der Waals surface area contributed by atoms with Gasteiger partial charge in [0.15, 0.2) is 5.82 Å². The summed E-state index contributed by atoms with van der Waals surface area (Å²) in [5, 5.41) is 0.478. The number of halogens is 1. The molecule has 3 nitrogen and oxygen atoms in total. The zero-order chi connectivity index (χ0) is 9.26. The molecular formula is C9H8ClN3. The van der Waals surface area contributed by atoms with Crippen molar-refractivity contribution in [1.82, 2.24) is 15.0 Å². The second-order valence-corrected chi connectivity index (χ2v) is 3.15. The number of imidazole rings is 1. The molecule has 0 atom stereocenters. The van der Waals surface area contributed by atoms with Gasteiger partial charge in [-0.05, 0) is 19.1 Å². The van der Waals surface area contributed by atoms with Crippen molar-refractivity contribution in [3.63, 3.8) is 0 Å². The Morgan fingerprint density at radius 3 is 2.85 bits per heavy atom. The Kier molecular flexibility index (Phi) is 2.02. The van der Waals surface area contributed by atoms with Gasteiger partial charge in [0.2, 0.25) is 0 Å². The van der Waals surface area contributed by atoms with Crippen LogP contribution in [0.2, 0.25) is 5.15 Å². The first kappa shape index (κ1) is 8.26. The highest BCUT2D eigenvalue weighted by Gasteiger charge is 2.02. The maximum absolute atomic E-state index is 5.75. The molecule has 0 aromatic carbocycles. The summed E-state index contributed by atoms with van der Waals surface area (Å²) >= 11 is 5.75. The summed E-state index contributed by atoms with van der Waals surface area (Å²) in [5.41, 5.74) is 1.78. The molecule has 0 aliphatic carbocycles. The molecule has 2 heterocycles. The highest BCUT2D eigenvalue weighted by Crippen LogP contribution is 2.14. The van der Waals surface area contributed by atoms with Crippen molar-refractivity contribution in [3.8, 4) is 11.5 Å². The predicted molar refractivity (Wildman–Crippen MR) is 51.6 cm³/mol. The number of hydrogen-bond donors (Lipinski definition) is 1. The van der Waals surface area contributed by atoms with Gasteiger partial charge >= 0.3 is 0 Å². The van der Waals surface area contributed by atoms with Gasteiger partial charge in [-0.15, -0.1) is 0 Å². The van der Waals surface area contributed by atoms with Crippen molar-refractivity contribution in [2.75, 3.05) is 0 Å². The van der Waals surface area contributed by atoms with Gasteiger partial charge in [0, 0.05) is 11.9 Å². The van der Waals surface area contributed by atoms with E-state index in [0.717, 1.165) is 17.2 Å². The molecule has 13 heavy (non-hydrogen) atoms. The predicted octanol–water partition coefficient (Wildman–Crippen LogP) is 2.43. The molecule has 2 rings (SSSR count). The largest absolute Gasteiger partial charge is 0.341 e. The van der Waals surface area contributed by atoms with Crippen molar-refractivity contribution in [2.24, 2.45) is 0 Å². The number of nitrogens with one attached hydrogen (secondary N) is 1. The fourth-order valence-corrected chi connectivity index (χ4v) is 1.25. The Morgan fingerprint density at radius 1 is 1.38 bits per heavy atom. The summed E-state index contributed by atoms with van der Waals surface area (Å²) in [6, 6.07) is 5.45. The number of H-pyrrole nitrogens is 1. The third-order valence-corrected chi connectivity index (χ3v) is 1.87. The molecule has 4 heteroatoms. The smallest absolute Gasteiger partial charge is 0.156 e. The zero-order valence-corrected chi connectivity index (χ0v) is 7.84. The molecule has 0 saturated carbocycles. The van der Waals surface area contributed by atoms with Crippen LogP contribution in [0.1, 0.15) is 5.69 Å². The minimum absolute atomic E-state index is 0.478. The molecule has 0 aliphatic rings. The number of hydrogen-bond acceptors (Lipinski definition) is 2. The second-order valence-electron chi connectivity index (χ2n) is 2.76. The highest BCUT2D eigenvalue weighted by molar-refractivity contribution is 6.29. The third-order valence-electron chi connectivity index (χ3n) is 1.66. The summed E-state index contributed by atoms with van der Waals surface area (Å²) < 4.78 is 0. The number of aromatic amines is 1. The lowest BCUT2D eigenvalue weighted by atomic mass is 10.3. The highest BCUT2D eigenvalue weighted by atomic mass is 35.5. The molecule has 0 bridgehead atoms. The average Bonchev–Trinajstić information content (AvgIpc) is 2.52. The van der Waals surface area contributed by atoms with E-state index >= 15 is 0 Å². The van der Waals surface area contributed by atoms with E-state index in [-0.39, 0.29) is 0 Å². The lowest BCUT2D eigenvalue weighted by Crippen LogP contribution is -1.85. The van der Waals surface area contributed by atoms with E-state index in [0.29, 0.717) is 5.15 Å². The van der Waals surface area contributed by atoms with Crippen LogP contribution in [-0.4, -0.2) is 15.0 Å². The van der Waals surface area contributed by atoms with Crippen LogP contribution in [0.25, 0.3) is 11.5 Å². The summed E-state index contributed by atoms with van der Waals surface area (Å²) in [5.74, 6) is 0.750. The summed E-state index contributed by atoms with van der Waals surface area (Å²) in [6.07, 6.45) is 1.76. The quantitative estimate of drug-likeness (QED) is 0.707. The SMILES string of the molecule is Cc1cnc(-c2cccc(Cl)n2)[nH]1. The number of aryl methyl sites for hydroxylation is 1. The Balaban J connectivity index is 2.46. The summed E-state index contributed by atoms with van der Waals surface area (Å²) in [6.45, 7) is 1.95. The molecule has 0 aliphatic heterocycles. The molecule has 0 radical (unpaired) electrons. The normalized spacial score (nSPS) is 10.3. The van der Waals surface area contributed by atoms with Gasteiger partial charge < -0.3 is 4.98 Å². The standard InChI is InChI=1S/C9H8ClN3/c1-6-5-11-9(12-6)7-3-2-4-8(10)13-7/h2-5H,1H3,(H,11,12). The van der Waals surface area contributed by atoms with Gasteiger partial charge in [0.1, 0.15) is 10.8 Å². The van der Waals surface area contributed by atoms with Crippen LogP contribution in [0.5, 0.6) is 0 Å². The first-order chi connectivity index (χ1) is 6.25. The van der Waals surface area contributed by atoms with E-state index in [9.17, 15) is 0 Å². The Bertz CT molecular complexity index is 422. The molecule has 0 unspecified atom stereocenters. The van der Waals surface area contributed by atoms with Crippen molar-refractivity contribution >= 4 is 11.6 Å². The number of rotatable bonds is 1. The second kappa shape index (κ2) is 3.18. The van der Waals surface area contributed by atoms with Crippen LogP contribution in [-0.2, 0) is 0 Å². The van der Waals surface area contributed by atoms with E-state index < -0.39 is 0 Å². The lowest BCUT2D eigenvalue weighted by molar-refractivity contribution is 1.20. The first-order valence-electron chi connectivity index (χ1n) is 3.90. The number of nitrogens with zero attached hydrogens (tertiary/aromatic N) is 2. The minimum Gasteiger partial charge on any atom is -0.341 e. The number of aromatic nitrogens is 3. The van der Waals surface area contributed by atoms with Gasteiger partial charge in [-0.1, -0.05) is 17.7 Å². The van der Waals surface area contributed by atoms with Gasteiger partial charge in [0.05, 0.1) is 0 Å². The van der Waals surface area contributed by atoms with Gasteiger partial charge in [-0.3, -0.25) is 0 Å². The van der Waals surface area contributed by atoms with Crippen molar-refractivity contribution in [2.45, 2.75) is 6.92 Å². The molecule has 2 aromatic heterocycles. The van der Waals surface area contributed by atoms with Gasteiger partial charge in [0.25, 0.3) is 0 Å². The summed E-state index contributed by atoms with van der Waals surface area (Å²) in [7, 11) is 0. The van der Waals surface area contributed by atoms with E-state index in [1.807, 2.05) is 19.1 Å². The van der Waals surface area contributed by atoms with E-state index in [1.54, 1.807) is 12.3 Å². The minimum atomic E-state index is 0.478. The van der Waals surface area contributed by atoms with Crippen molar-refractivity contribution < 1.29 is 0 Å². The average molecular weight is 194 g/mol. The van der Waals surface area contributed by atoms with Crippen LogP contribution >= 0.6 is 11.6 Å². The Labute approximate surface area is 80.8 Å². The molecule has 0 fully saturated rings. The maximum atomic E-state index is 5.75. The summed E-state index contributed by atoms with van der Waals surface area (Å²) in [4.78, 5) is 11.4. The molecule has 0 amide bonds. The first-order valence-corrected chi connectivity index (χ1v) is 4.28. The fourth-order valence-electron chi connectivity index (χ4n) is 1.08. The van der Waals surface area contributed by atoms with Crippen LogP contribution < -0.4 is 0 Å². The van der Waals surface area contributed by atoms with E-state index in [1.165, 1.54) is 0 Å². The molecule has 1 N–H and O–H groups in total. The molecule has 0 spiro atoms. The molecule has 66 valence electrons. The maximum Gasteiger partial charge on any atom is 0.156 e. The van der Waals surface area contributed by atoms with Gasteiger partial charge in [-0.2, -0.15) is 0 Å². The third kappa shape index (κ3) is 1.70. The zero-order valence-electron chi connectivity index (χ0n) is 7.08. The molecule has 2 aromatic rings. The van der Waals surface area contributed by atoms with Gasteiger partial charge in [-0.25, -0.2) is 9.97 Å². The van der Waals surface area contributed by atoms with E-state index in [4.69, 9.17) is 11.6 Å². The monoisotopic (exact) mass is 193 g/mol. The Morgan fingerprint density at radius 2 is 2.23 bits per heavy atom. The van der Waals surface area contributed by atoms with Crippen LogP contribution in [0.3, 0.4) is 0 Å². The number of pyridine rings is 1. The molecule has 0 saturated heterocycles. The van der Waals surface area contributed by atoms with Crippen molar-refractivity contribution in [3.05, 3.63) is 35.2 Å². The van der Waals surface area contributed by atoms with Crippen LogP contribution in [0, 0.1) is 6.92 Å². The van der Waals surface area contributed by atoms with Crippen LogP contribution in [0.15, 0.2) is 24.4 Å². The molecular weight excluding hydrogens is 186 g/mol. The lowest BCUT2D eigenvalue weighted by Gasteiger charge is -1.95.